The van der Waals surface area contributed by atoms with E-state index >= 15 is 0 Å². The third-order valence-corrected chi connectivity index (χ3v) is 3.62. The monoisotopic (exact) mass is 327 g/mol. The Labute approximate surface area is 137 Å². The summed E-state index contributed by atoms with van der Waals surface area (Å²) < 4.78 is 0. The largest absolute Gasteiger partial charge is 0.360 e. The van der Waals surface area contributed by atoms with Gasteiger partial charge in [0, 0.05) is 27.8 Å². The number of aromatic nitrogens is 1. The van der Waals surface area contributed by atoms with E-state index in [4.69, 9.17) is 11.6 Å². The highest BCUT2D eigenvalue weighted by molar-refractivity contribution is 6.30. The normalized spacial score (nSPS) is 10.5. The first-order valence-electron chi connectivity index (χ1n) is 7.03. The molecule has 1 aromatic heterocycles. The molecule has 0 aliphatic carbocycles. The van der Waals surface area contributed by atoms with Gasteiger partial charge in [-0.1, -0.05) is 29.8 Å². The molecule has 116 valence electrons. The summed E-state index contributed by atoms with van der Waals surface area (Å²) in [5.41, 5.74) is 2.02. The van der Waals surface area contributed by atoms with Crippen molar-refractivity contribution in [2.45, 2.75) is 0 Å². The Morgan fingerprint density at radius 2 is 1.78 bits per heavy atom. The van der Waals surface area contributed by atoms with Crippen LogP contribution < -0.4 is 10.6 Å². The number of carbonyl (C=O) groups excluding carboxylic acids is 2. The number of benzene rings is 2. The van der Waals surface area contributed by atoms with Crippen LogP contribution in [0, 0.1) is 0 Å². The molecule has 3 rings (SSSR count). The minimum atomic E-state index is -0.305. The van der Waals surface area contributed by atoms with Gasteiger partial charge in [-0.2, -0.15) is 0 Å². The Bertz CT molecular complexity index is 856. The Hall–Kier alpha value is -2.79. The number of para-hydroxylation sites is 1. The van der Waals surface area contributed by atoms with Crippen LogP contribution in [0.5, 0.6) is 0 Å². The number of hydrogen-bond acceptors (Lipinski definition) is 2. The van der Waals surface area contributed by atoms with Gasteiger partial charge in [-0.25, -0.2) is 0 Å². The van der Waals surface area contributed by atoms with E-state index in [1.54, 1.807) is 30.5 Å². The zero-order chi connectivity index (χ0) is 16.2. The lowest BCUT2D eigenvalue weighted by molar-refractivity contribution is -0.115. The highest BCUT2D eigenvalue weighted by Crippen LogP contribution is 2.17. The molecule has 0 radical (unpaired) electrons. The first-order chi connectivity index (χ1) is 11.1. The molecule has 23 heavy (non-hydrogen) atoms. The van der Waals surface area contributed by atoms with Crippen LogP contribution in [0.1, 0.15) is 10.4 Å². The van der Waals surface area contributed by atoms with E-state index in [0.717, 1.165) is 10.9 Å². The second kappa shape index (κ2) is 6.54. The molecule has 0 spiro atoms. The summed E-state index contributed by atoms with van der Waals surface area (Å²) in [4.78, 5) is 27.1. The maximum atomic E-state index is 12.2. The van der Waals surface area contributed by atoms with Crippen molar-refractivity contribution < 1.29 is 9.59 Å². The Balaban J connectivity index is 1.60. The van der Waals surface area contributed by atoms with E-state index in [1.807, 2.05) is 24.3 Å². The molecule has 2 amide bonds. The zero-order valence-corrected chi connectivity index (χ0v) is 12.9. The number of hydrogen-bond donors (Lipinski definition) is 3. The molecule has 3 aromatic rings. The summed E-state index contributed by atoms with van der Waals surface area (Å²) in [6, 6.07) is 14.3. The zero-order valence-electron chi connectivity index (χ0n) is 12.1. The number of nitrogens with one attached hydrogen (secondary N) is 3. The molecule has 3 N–H and O–H groups in total. The third kappa shape index (κ3) is 3.52. The summed E-state index contributed by atoms with van der Waals surface area (Å²) in [6.45, 7) is -0.110. The van der Waals surface area contributed by atoms with Gasteiger partial charge in [0.2, 0.25) is 5.91 Å². The molecule has 0 fully saturated rings. The molecular weight excluding hydrogens is 314 g/mol. The number of rotatable bonds is 4. The Morgan fingerprint density at radius 1 is 1.04 bits per heavy atom. The molecule has 0 saturated carbocycles. The summed E-state index contributed by atoms with van der Waals surface area (Å²) in [5.74, 6) is -0.603. The predicted octanol–water partition coefficient (Wildman–Crippen LogP) is 3.19. The fourth-order valence-electron chi connectivity index (χ4n) is 2.25. The van der Waals surface area contributed by atoms with Crippen molar-refractivity contribution in [3.63, 3.8) is 0 Å². The van der Waals surface area contributed by atoms with Gasteiger partial charge in [0.1, 0.15) is 0 Å². The smallest absolute Gasteiger partial charge is 0.253 e. The molecular formula is C17H14ClN3O2. The molecule has 2 aromatic carbocycles. The van der Waals surface area contributed by atoms with Crippen LogP contribution in [0.25, 0.3) is 10.9 Å². The van der Waals surface area contributed by atoms with E-state index in [9.17, 15) is 9.59 Å². The number of fused-ring (bicyclic) bond motifs is 1. The van der Waals surface area contributed by atoms with Gasteiger partial charge in [-0.15, -0.1) is 0 Å². The lowest BCUT2D eigenvalue weighted by Crippen LogP contribution is -2.32. The number of aromatic amines is 1. The molecule has 0 saturated heterocycles. The number of amides is 2. The number of H-pyrrole nitrogens is 1. The first kappa shape index (κ1) is 15.1. The fourth-order valence-corrected chi connectivity index (χ4v) is 2.38. The van der Waals surface area contributed by atoms with Gasteiger partial charge in [-0.05, 0) is 30.3 Å². The number of halogens is 1. The predicted molar refractivity (Wildman–Crippen MR) is 90.7 cm³/mol. The average molecular weight is 328 g/mol. The van der Waals surface area contributed by atoms with Crippen molar-refractivity contribution in [3.05, 3.63) is 65.3 Å². The molecule has 1 heterocycles. The summed E-state index contributed by atoms with van der Waals surface area (Å²) in [5, 5.41) is 6.71. The molecule has 5 nitrogen and oxygen atoms in total. The minimum absolute atomic E-state index is 0.110. The molecule has 0 unspecified atom stereocenters. The van der Waals surface area contributed by atoms with Crippen LogP contribution >= 0.6 is 11.6 Å². The highest BCUT2D eigenvalue weighted by atomic mass is 35.5. The van der Waals surface area contributed by atoms with Crippen LogP contribution in [0.4, 0.5) is 5.69 Å². The van der Waals surface area contributed by atoms with Crippen LogP contribution in [-0.2, 0) is 4.79 Å². The average Bonchev–Trinajstić information content (AvgIpc) is 2.99. The molecule has 6 heteroatoms. The maximum Gasteiger partial charge on any atom is 0.253 e. The van der Waals surface area contributed by atoms with Crippen molar-refractivity contribution in [1.82, 2.24) is 10.3 Å². The molecule has 0 aliphatic rings. The molecule has 0 bridgehead atoms. The van der Waals surface area contributed by atoms with Crippen molar-refractivity contribution in [2.75, 3.05) is 11.9 Å². The van der Waals surface area contributed by atoms with E-state index in [1.165, 1.54) is 0 Å². The minimum Gasteiger partial charge on any atom is -0.360 e. The standard InChI is InChI=1S/C17H14ClN3O2/c18-11-5-7-12(8-6-11)21-16(22)10-20-17(23)14-9-19-15-4-2-1-3-13(14)15/h1-9,19H,10H2,(H,20,23)(H,21,22). The van der Waals surface area contributed by atoms with Gasteiger partial charge in [0.25, 0.3) is 5.91 Å². The van der Waals surface area contributed by atoms with Gasteiger partial charge >= 0.3 is 0 Å². The summed E-state index contributed by atoms with van der Waals surface area (Å²) in [7, 11) is 0. The second-order valence-corrected chi connectivity index (χ2v) is 5.42. The maximum absolute atomic E-state index is 12.2. The van der Waals surface area contributed by atoms with Crippen molar-refractivity contribution >= 4 is 40.0 Å². The Morgan fingerprint density at radius 3 is 2.57 bits per heavy atom. The lowest BCUT2D eigenvalue weighted by Gasteiger charge is -2.06. The second-order valence-electron chi connectivity index (χ2n) is 4.99. The van der Waals surface area contributed by atoms with E-state index in [2.05, 4.69) is 15.6 Å². The van der Waals surface area contributed by atoms with Crippen molar-refractivity contribution in [1.29, 1.82) is 0 Å². The lowest BCUT2D eigenvalue weighted by atomic mass is 10.1. The van der Waals surface area contributed by atoms with Crippen LogP contribution in [0.3, 0.4) is 0 Å². The third-order valence-electron chi connectivity index (χ3n) is 3.37. The highest BCUT2D eigenvalue weighted by Gasteiger charge is 2.12. The Kier molecular flexibility index (Phi) is 4.30. The fraction of sp³-hybridized carbons (Fsp3) is 0.0588. The van der Waals surface area contributed by atoms with Gasteiger partial charge < -0.3 is 15.6 Å². The van der Waals surface area contributed by atoms with E-state index < -0.39 is 0 Å². The van der Waals surface area contributed by atoms with Crippen LogP contribution in [0.2, 0.25) is 5.02 Å². The topological polar surface area (TPSA) is 74.0 Å². The number of carbonyl (C=O) groups is 2. The van der Waals surface area contributed by atoms with Gasteiger partial charge in [0.05, 0.1) is 12.1 Å². The molecule has 0 atom stereocenters. The quantitative estimate of drug-likeness (QED) is 0.688. The molecule has 0 aliphatic heterocycles. The van der Waals surface area contributed by atoms with Crippen molar-refractivity contribution in [2.24, 2.45) is 0 Å². The summed E-state index contributed by atoms with van der Waals surface area (Å²) >= 11 is 5.78. The summed E-state index contributed by atoms with van der Waals surface area (Å²) in [6.07, 6.45) is 1.64. The first-order valence-corrected chi connectivity index (χ1v) is 7.41. The number of anilines is 1. The van der Waals surface area contributed by atoms with Crippen molar-refractivity contribution in [3.8, 4) is 0 Å². The van der Waals surface area contributed by atoms with Gasteiger partial charge in [-0.3, -0.25) is 9.59 Å². The van der Waals surface area contributed by atoms with E-state index in [0.29, 0.717) is 16.3 Å². The van der Waals surface area contributed by atoms with Crippen LogP contribution in [0.15, 0.2) is 54.7 Å². The van der Waals surface area contributed by atoms with Gasteiger partial charge in [0.15, 0.2) is 0 Å². The van der Waals surface area contributed by atoms with E-state index in [-0.39, 0.29) is 18.4 Å². The SMILES string of the molecule is O=C(CNC(=O)c1c[nH]c2ccccc12)Nc1ccc(Cl)cc1. The van der Waals surface area contributed by atoms with Crippen LogP contribution in [-0.4, -0.2) is 23.3 Å².